The average molecular weight is 577 g/mol. The first-order valence-electron chi connectivity index (χ1n) is 18.7. The first-order chi connectivity index (χ1) is 20.3. The molecular weight excluding hydrogens is 502 g/mol. The lowest BCUT2D eigenvalue weighted by atomic mass is 10.1. The first kappa shape index (κ1) is 38.2. The molecule has 0 spiro atoms. The highest BCUT2D eigenvalue weighted by atomic mass is 16.3. The summed E-state index contributed by atoms with van der Waals surface area (Å²) in [5.41, 5.74) is 0. The molecule has 0 aliphatic carbocycles. The van der Waals surface area contributed by atoms with Gasteiger partial charge < -0.3 is 10.4 Å². The van der Waals surface area contributed by atoms with Gasteiger partial charge in [-0.25, -0.2) is 0 Å². The SMILES string of the molecule is CCCCCCCC/C=C\CCCCCCCCNCC[N+]1=C(CCCCCCCCCCCC)N(CCO)CC1. The predicted octanol–water partition coefficient (Wildman–Crippen LogP) is 9.64. The molecule has 0 fully saturated rings. The Morgan fingerprint density at radius 2 is 1.12 bits per heavy atom. The smallest absolute Gasteiger partial charge is 0.247 e. The van der Waals surface area contributed by atoms with Crippen LogP contribution in [-0.2, 0) is 0 Å². The number of unbranched alkanes of at least 4 members (excludes halogenated alkanes) is 21. The number of amidine groups is 1. The number of allylic oxidation sites excluding steroid dienone is 2. The number of nitrogens with one attached hydrogen (secondary N) is 1. The topological polar surface area (TPSA) is 38.5 Å². The molecule has 1 rings (SSSR count). The molecule has 1 aliphatic heterocycles. The van der Waals surface area contributed by atoms with Crippen molar-refractivity contribution in [3.05, 3.63) is 12.2 Å². The molecule has 242 valence electrons. The standard InChI is InChI=1S/C37H74N3O/c1-3-5-7-9-11-13-15-16-17-18-19-20-22-24-26-28-30-38-31-32-39-33-34-40(35-36-41)37(39)29-27-25-23-21-14-12-10-8-6-4-2/h16-17,38,41H,3-15,18-36H2,1-2H3/q+1/b17-16-. The quantitative estimate of drug-likeness (QED) is 0.0476. The number of aliphatic hydroxyl groups excluding tert-OH is 1. The van der Waals surface area contributed by atoms with Gasteiger partial charge in [-0.2, -0.15) is 0 Å². The summed E-state index contributed by atoms with van der Waals surface area (Å²) in [4.78, 5) is 2.44. The van der Waals surface area contributed by atoms with E-state index in [1.165, 1.54) is 166 Å². The minimum atomic E-state index is 0.267. The number of aliphatic hydroxyl groups is 1. The second kappa shape index (κ2) is 30.6. The van der Waals surface area contributed by atoms with Gasteiger partial charge in [0.2, 0.25) is 5.84 Å². The molecule has 1 heterocycles. The van der Waals surface area contributed by atoms with Crippen molar-refractivity contribution in [3.8, 4) is 0 Å². The van der Waals surface area contributed by atoms with E-state index in [4.69, 9.17) is 0 Å². The van der Waals surface area contributed by atoms with Gasteiger partial charge in [0.25, 0.3) is 0 Å². The Balaban J connectivity index is 2.01. The van der Waals surface area contributed by atoms with Crippen molar-refractivity contribution in [2.75, 3.05) is 45.9 Å². The molecule has 0 saturated heterocycles. The second-order valence-electron chi connectivity index (χ2n) is 12.7. The van der Waals surface area contributed by atoms with Gasteiger partial charge in [-0.15, -0.1) is 0 Å². The lowest BCUT2D eigenvalue weighted by Crippen LogP contribution is -2.33. The van der Waals surface area contributed by atoms with Gasteiger partial charge >= 0.3 is 0 Å². The Labute approximate surface area is 257 Å². The van der Waals surface area contributed by atoms with Gasteiger partial charge in [0.1, 0.15) is 19.6 Å². The molecule has 1 aliphatic rings. The van der Waals surface area contributed by atoms with Crippen LogP contribution in [0.5, 0.6) is 0 Å². The van der Waals surface area contributed by atoms with E-state index >= 15 is 0 Å². The second-order valence-corrected chi connectivity index (χ2v) is 12.7. The maximum atomic E-state index is 9.53. The van der Waals surface area contributed by atoms with Crippen LogP contribution in [0.25, 0.3) is 0 Å². The number of β-amino-alcohol motifs (C(OH)–C–C–N with tert-alkyl or cyclic N) is 1. The van der Waals surface area contributed by atoms with Crippen LogP contribution >= 0.6 is 0 Å². The zero-order valence-corrected chi connectivity index (χ0v) is 28.1. The van der Waals surface area contributed by atoms with Gasteiger partial charge in [0.05, 0.1) is 13.2 Å². The fraction of sp³-hybridized carbons (Fsp3) is 0.919. The minimum absolute atomic E-state index is 0.267. The lowest BCUT2D eigenvalue weighted by Gasteiger charge is -2.13. The summed E-state index contributed by atoms with van der Waals surface area (Å²) in [6.45, 7) is 11.2. The molecule has 0 aromatic rings. The zero-order chi connectivity index (χ0) is 29.5. The highest BCUT2D eigenvalue weighted by Gasteiger charge is 2.28. The largest absolute Gasteiger partial charge is 0.392 e. The molecule has 0 aromatic carbocycles. The number of hydrogen-bond acceptors (Lipinski definition) is 3. The van der Waals surface area contributed by atoms with E-state index in [-0.39, 0.29) is 6.61 Å². The average Bonchev–Trinajstić information content (AvgIpc) is 3.36. The van der Waals surface area contributed by atoms with Crippen molar-refractivity contribution in [1.82, 2.24) is 10.2 Å². The Bertz CT molecular complexity index is 603. The van der Waals surface area contributed by atoms with E-state index in [0.717, 1.165) is 39.3 Å². The maximum Gasteiger partial charge on any atom is 0.247 e. The fourth-order valence-corrected chi connectivity index (χ4v) is 6.23. The maximum absolute atomic E-state index is 9.53. The van der Waals surface area contributed by atoms with Gasteiger partial charge in [-0.05, 0) is 45.1 Å². The van der Waals surface area contributed by atoms with E-state index in [1.54, 1.807) is 0 Å². The summed E-state index contributed by atoms with van der Waals surface area (Å²) < 4.78 is 2.60. The van der Waals surface area contributed by atoms with Crippen LogP contribution in [0, 0.1) is 0 Å². The van der Waals surface area contributed by atoms with E-state index in [1.807, 2.05) is 0 Å². The van der Waals surface area contributed by atoms with Crippen LogP contribution in [0.15, 0.2) is 12.2 Å². The molecular formula is C37H74N3O+. The van der Waals surface area contributed by atoms with Crippen molar-refractivity contribution in [1.29, 1.82) is 0 Å². The molecule has 4 nitrogen and oxygen atoms in total. The van der Waals surface area contributed by atoms with Gasteiger partial charge in [-0.1, -0.05) is 142 Å². The molecule has 41 heavy (non-hydrogen) atoms. The van der Waals surface area contributed by atoms with Crippen molar-refractivity contribution < 1.29 is 9.68 Å². The monoisotopic (exact) mass is 577 g/mol. The Morgan fingerprint density at radius 1 is 0.634 bits per heavy atom. The molecule has 0 amide bonds. The van der Waals surface area contributed by atoms with Crippen molar-refractivity contribution in [2.24, 2.45) is 0 Å². The Morgan fingerprint density at radius 3 is 1.66 bits per heavy atom. The van der Waals surface area contributed by atoms with E-state index in [9.17, 15) is 5.11 Å². The number of nitrogens with zero attached hydrogens (tertiary/aromatic N) is 2. The number of hydrogen-bond donors (Lipinski definition) is 2. The minimum Gasteiger partial charge on any atom is -0.392 e. The van der Waals surface area contributed by atoms with Gasteiger partial charge in [-0.3, -0.25) is 9.48 Å². The summed E-state index contributed by atoms with van der Waals surface area (Å²) in [7, 11) is 0. The lowest BCUT2D eigenvalue weighted by molar-refractivity contribution is -0.517. The van der Waals surface area contributed by atoms with Crippen LogP contribution in [0.4, 0.5) is 0 Å². The number of rotatable bonds is 32. The van der Waals surface area contributed by atoms with Crippen molar-refractivity contribution in [3.63, 3.8) is 0 Å². The molecule has 4 heteroatoms. The van der Waals surface area contributed by atoms with Crippen molar-refractivity contribution >= 4 is 5.84 Å². The molecule has 0 saturated carbocycles. The van der Waals surface area contributed by atoms with E-state index in [2.05, 4.69) is 40.8 Å². The summed E-state index contributed by atoms with van der Waals surface area (Å²) >= 11 is 0. The van der Waals surface area contributed by atoms with Crippen LogP contribution < -0.4 is 5.32 Å². The van der Waals surface area contributed by atoms with Crippen LogP contribution in [0.1, 0.15) is 174 Å². The van der Waals surface area contributed by atoms with E-state index in [0.29, 0.717) is 0 Å². The fourth-order valence-electron chi connectivity index (χ4n) is 6.23. The molecule has 0 aromatic heterocycles. The summed E-state index contributed by atoms with van der Waals surface area (Å²) in [6, 6.07) is 0. The Kier molecular flexibility index (Phi) is 28.5. The Hall–Kier alpha value is -0.870. The highest BCUT2D eigenvalue weighted by Crippen LogP contribution is 2.14. The van der Waals surface area contributed by atoms with Gasteiger partial charge in [0, 0.05) is 13.0 Å². The zero-order valence-electron chi connectivity index (χ0n) is 28.1. The molecule has 0 atom stereocenters. The summed E-state index contributed by atoms with van der Waals surface area (Å²) in [5, 5.41) is 13.2. The normalized spacial score (nSPS) is 13.9. The predicted molar refractivity (Wildman–Crippen MR) is 182 cm³/mol. The highest BCUT2D eigenvalue weighted by molar-refractivity contribution is 5.78. The molecule has 0 radical (unpaired) electrons. The third kappa shape index (κ3) is 23.3. The first-order valence-corrected chi connectivity index (χ1v) is 18.7. The van der Waals surface area contributed by atoms with Crippen molar-refractivity contribution in [2.45, 2.75) is 174 Å². The third-order valence-corrected chi connectivity index (χ3v) is 8.92. The van der Waals surface area contributed by atoms with Crippen LogP contribution in [-0.4, -0.2) is 66.3 Å². The summed E-state index contributed by atoms with van der Waals surface area (Å²) in [5.74, 6) is 1.50. The van der Waals surface area contributed by atoms with Crippen LogP contribution in [0.2, 0.25) is 0 Å². The molecule has 2 N–H and O–H groups in total. The van der Waals surface area contributed by atoms with E-state index < -0.39 is 0 Å². The van der Waals surface area contributed by atoms with Crippen LogP contribution in [0.3, 0.4) is 0 Å². The summed E-state index contributed by atoms with van der Waals surface area (Å²) in [6.07, 6.45) is 39.2. The third-order valence-electron chi connectivity index (χ3n) is 8.92. The van der Waals surface area contributed by atoms with Gasteiger partial charge in [0.15, 0.2) is 0 Å². The molecule has 0 unspecified atom stereocenters. The molecule has 0 bridgehead atoms.